The lowest BCUT2D eigenvalue weighted by atomic mass is 10.3. The zero-order valence-corrected chi connectivity index (χ0v) is 7.28. The standard InChI is InChI=1S/C8H3N5O2/c9-4-13(5-10)6-1-2-11-7(3-6)8(14)12-15/h1-3H. The Morgan fingerprint density at radius 1 is 1.47 bits per heavy atom. The predicted octanol–water partition coefficient (Wildman–Crippen LogP) is 0.757. The van der Waals surface area contributed by atoms with Gasteiger partial charge in [0.15, 0.2) is 12.4 Å². The first-order valence-electron chi connectivity index (χ1n) is 3.66. The highest BCUT2D eigenvalue weighted by Crippen LogP contribution is 2.13. The number of rotatable bonds is 2. The van der Waals surface area contributed by atoms with E-state index in [9.17, 15) is 9.70 Å². The molecule has 0 N–H and O–H groups in total. The maximum atomic E-state index is 10.8. The second-order valence-corrected chi connectivity index (χ2v) is 2.33. The van der Waals surface area contributed by atoms with Gasteiger partial charge in [0.05, 0.1) is 5.69 Å². The van der Waals surface area contributed by atoms with E-state index in [0.29, 0.717) is 4.90 Å². The van der Waals surface area contributed by atoms with Gasteiger partial charge in [-0.3, -0.25) is 9.78 Å². The van der Waals surface area contributed by atoms with Gasteiger partial charge in [-0.15, -0.1) is 4.91 Å². The summed E-state index contributed by atoms with van der Waals surface area (Å²) in [6.45, 7) is 0. The molecule has 1 aromatic rings. The Morgan fingerprint density at radius 2 is 2.13 bits per heavy atom. The molecule has 1 amide bonds. The van der Waals surface area contributed by atoms with Crippen molar-refractivity contribution in [3.8, 4) is 12.4 Å². The first-order chi connectivity index (χ1) is 7.22. The zero-order chi connectivity index (χ0) is 11.3. The second-order valence-electron chi connectivity index (χ2n) is 2.33. The molecule has 0 fully saturated rings. The Bertz CT molecular complexity index is 471. The third-order valence-electron chi connectivity index (χ3n) is 1.50. The van der Waals surface area contributed by atoms with Crippen LogP contribution in [0.25, 0.3) is 0 Å². The minimum absolute atomic E-state index is 0.155. The summed E-state index contributed by atoms with van der Waals surface area (Å²) in [5.74, 6) is -1.05. The molecule has 0 saturated carbocycles. The van der Waals surface area contributed by atoms with E-state index in [0.717, 1.165) is 6.07 Å². The number of pyridine rings is 1. The van der Waals surface area contributed by atoms with Gasteiger partial charge in [-0.25, -0.2) is 0 Å². The smallest absolute Gasteiger partial charge is 0.261 e. The molecule has 0 aromatic carbocycles. The molecule has 1 heterocycles. The Hall–Kier alpha value is -2.80. The second kappa shape index (κ2) is 4.44. The highest BCUT2D eigenvalue weighted by atomic mass is 16.3. The number of nitroso groups, excluding NO2 is 1. The average Bonchev–Trinajstić information content (AvgIpc) is 2.30. The Morgan fingerprint density at radius 3 is 2.67 bits per heavy atom. The van der Waals surface area contributed by atoms with E-state index < -0.39 is 5.91 Å². The maximum absolute atomic E-state index is 10.8. The van der Waals surface area contributed by atoms with E-state index >= 15 is 0 Å². The van der Waals surface area contributed by atoms with Gasteiger partial charge in [-0.05, 0) is 12.1 Å². The van der Waals surface area contributed by atoms with E-state index in [4.69, 9.17) is 10.5 Å². The fraction of sp³-hybridized carbons (Fsp3) is 0. The zero-order valence-electron chi connectivity index (χ0n) is 7.28. The molecule has 15 heavy (non-hydrogen) atoms. The van der Waals surface area contributed by atoms with Gasteiger partial charge in [-0.1, -0.05) is 0 Å². The number of aromatic nitrogens is 1. The van der Waals surface area contributed by atoms with Crippen LogP contribution >= 0.6 is 0 Å². The molecule has 72 valence electrons. The van der Waals surface area contributed by atoms with Gasteiger partial charge >= 0.3 is 5.91 Å². The van der Waals surface area contributed by atoms with Crippen LogP contribution in [0.1, 0.15) is 10.5 Å². The van der Waals surface area contributed by atoms with Gasteiger partial charge in [0, 0.05) is 11.4 Å². The minimum Gasteiger partial charge on any atom is -0.261 e. The van der Waals surface area contributed by atoms with E-state index in [1.54, 1.807) is 12.4 Å². The molecular weight excluding hydrogens is 198 g/mol. The van der Waals surface area contributed by atoms with Gasteiger partial charge in [-0.2, -0.15) is 15.4 Å². The molecule has 1 aromatic heterocycles. The molecule has 0 unspecified atom stereocenters. The quantitative estimate of drug-likeness (QED) is 0.396. The number of hydrogen-bond donors (Lipinski definition) is 0. The highest BCUT2D eigenvalue weighted by Gasteiger charge is 2.11. The van der Waals surface area contributed by atoms with Gasteiger partial charge in [0.2, 0.25) is 0 Å². The van der Waals surface area contributed by atoms with Crippen molar-refractivity contribution in [3.05, 3.63) is 28.9 Å². The highest BCUT2D eigenvalue weighted by molar-refractivity contribution is 5.93. The van der Waals surface area contributed by atoms with Crippen molar-refractivity contribution < 1.29 is 4.79 Å². The first kappa shape index (κ1) is 10.3. The lowest BCUT2D eigenvalue weighted by Gasteiger charge is -2.04. The summed E-state index contributed by atoms with van der Waals surface area (Å²) in [6, 6.07) is 2.49. The molecule has 0 radical (unpaired) electrons. The third-order valence-corrected chi connectivity index (χ3v) is 1.50. The minimum atomic E-state index is -1.05. The van der Waals surface area contributed by atoms with Crippen LogP contribution in [-0.4, -0.2) is 10.9 Å². The average molecular weight is 201 g/mol. The van der Waals surface area contributed by atoms with Crippen LogP contribution in [0.2, 0.25) is 0 Å². The Balaban J connectivity index is 3.15. The number of amides is 1. The largest absolute Gasteiger partial charge is 0.335 e. The van der Waals surface area contributed by atoms with Crippen molar-refractivity contribution >= 4 is 11.6 Å². The summed E-state index contributed by atoms with van der Waals surface area (Å²) < 4.78 is 0. The van der Waals surface area contributed by atoms with Crippen LogP contribution in [0.5, 0.6) is 0 Å². The fourth-order valence-corrected chi connectivity index (χ4v) is 0.860. The summed E-state index contributed by atoms with van der Waals surface area (Å²) in [5.41, 5.74) is -0.0556. The van der Waals surface area contributed by atoms with Crippen LogP contribution in [-0.2, 0) is 0 Å². The number of carbonyl (C=O) groups is 1. The maximum Gasteiger partial charge on any atom is 0.335 e. The van der Waals surface area contributed by atoms with Crippen LogP contribution in [0.15, 0.2) is 23.5 Å². The van der Waals surface area contributed by atoms with Crippen molar-refractivity contribution in [3.63, 3.8) is 0 Å². The Kier molecular flexibility index (Phi) is 3.04. The molecule has 0 aliphatic rings. The van der Waals surface area contributed by atoms with Crippen molar-refractivity contribution in [1.29, 1.82) is 10.5 Å². The molecule has 0 aliphatic heterocycles. The molecule has 7 nitrogen and oxygen atoms in total. The molecule has 0 bridgehead atoms. The summed E-state index contributed by atoms with van der Waals surface area (Å²) in [7, 11) is 0. The van der Waals surface area contributed by atoms with E-state index in [1.807, 2.05) is 0 Å². The summed E-state index contributed by atoms with van der Waals surface area (Å²) >= 11 is 0. The number of nitrogens with zero attached hydrogens (tertiary/aromatic N) is 5. The van der Waals surface area contributed by atoms with Crippen molar-refractivity contribution in [1.82, 2.24) is 4.98 Å². The van der Waals surface area contributed by atoms with E-state index in [-0.39, 0.29) is 11.4 Å². The Labute approximate surface area is 84.1 Å². The summed E-state index contributed by atoms with van der Waals surface area (Å²) in [4.78, 5) is 25.0. The fourth-order valence-electron chi connectivity index (χ4n) is 0.860. The number of carbonyl (C=O) groups excluding carboxylic acids is 1. The van der Waals surface area contributed by atoms with E-state index in [1.165, 1.54) is 12.3 Å². The topological polar surface area (TPSA) is 110 Å². The van der Waals surface area contributed by atoms with Gasteiger partial charge < -0.3 is 0 Å². The number of nitriles is 2. The number of hydrogen-bond acceptors (Lipinski definition) is 6. The van der Waals surface area contributed by atoms with Crippen LogP contribution < -0.4 is 4.90 Å². The summed E-state index contributed by atoms with van der Waals surface area (Å²) in [6.07, 6.45) is 4.36. The number of anilines is 1. The predicted molar refractivity (Wildman–Crippen MR) is 48.1 cm³/mol. The summed E-state index contributed by atoms with van der Waals surface area (Å²) in [5, 5.41) is 19.2. The molecule has 1 rings (SSSR count). The van der Waals surface area contributed by atoms with E-state index in [2.05, 4.69) is 10.2 Å². The van der Waals surface area contributed by atoms with Crippen molar-refractivity contribution in [2.24, 2.45) is 5.18 Å². The van der Waals surface area contributed by atoms with Crippen LogP contribution in [0.3, 0.4) is 0 Å². The first-order valence-corrected chi connectivity index (χ1v) is 3.66. The lowest BCUT2D eigenvalue weighted by Crippen LogP contribution is -2.09. The van der Waals surface area contributed by atoms with Crippen LogP contribution in [0, 0.1) is 27.8 Å². The third kappa shape index (κ3) is 2.11. The molecular formula is C8H3N5O2. The lowest BCUT2D eigenvalue weighted by molar-refractivity contribution is 0.0996. The normalized spacial score (nSPS) is 8.40. The SMILES string of the molecule is N#CN(C#N)c1ccnc(C(=O)N=O)c1. The molecule has 0 atom stereocenters. The van der Waals surface area contributed by atoms with Crippen molar-refractivity contribution in [2.45, 2.75) is 0 Å². The molecule has 0 aliphatic carbocycles. The van der Waals surface area contributed by atoms with Crippen LogP contribution in [0.4, 0.5) is 5.69 Å². The van der Waals surface area contributed by atoms with Crippen molar-refractivity contribution in [2.75, 3.05) is 4.90 Å². The molecule has 7 heteroatoms. The molecule has 0 saturated heterocycles. The monoisotopic (exact) mass is 201 g/mol. The van der Waals surface area contributed by atoms with Gasteiger partial charge in [0.25, 0.3) is 0 Å². The van der Waals surface area contributed by atoms with Gasteiger partial charge in [0.1, 0.15) is 5.69 Å². The molecule has 0 spiro atoms.